The Morgan fingerprint density at radius 1 is 1.09 bits per heavy atom. The maximum atomic E-state index is 11.2. The molecule has 0 aliphatic carbocycles. The van der Waals surface area contributed by atoms with Crippen LogP contribution in [-0.2, 0) is 11.2 Å². The monoisotopic (exact) mass is 452 g/mol. The summed E-state index contributed by atoms with van der Waals surface area (Å²) in [7, 11) is 0. The lowest BCUT2D eigenvalue weighted by atomic mass is 10.1. The molecule has 32 heavy (non-hydrogen) atoms. The zero-order valence-corrected chi connectivity index (χ0v) is 18.6. The van der Waals surface area contributed by atoms with Gasteiger partial charge in [0.1, 0.15) is 11.6 Å². The van der Waals surface area contributed by atoms with E-state index in [0.717, 1.165) is 41.4 Å². The predicted molar refractivity (Wildman–Crippen MR) is 127 cm³/mol. The van der Waals surface area contributed by atoms with E-state index in [2.05, 4.69) is 20.0 Å². The van der Waals surface area contributed by atoms with Gasteiger partial charge in [-0.3, -0.25) is 14.5 Å². The van der Waals surface area contributed by atoms with Gasteiger partial charge in [-0.25, -0.2) is 4.98 Å². The van der Waals surface area contributed by atoms with E-state index in [4.69, 9.17) is 4.74 Å². The van der Waals surface area contributed by atoms with Crippen molar-refractivity contribution in [2.45, 2.75) is 36.6 Å². The fourth-order valence-corrected chi connectivity index (χ4v) is 3.84. The highest BCUT2D eigenvalue weighted by atomic mass is 32.2. The zero-order valence-electron chi connectivity index (χ0n) is 17.8. The minimum atomic E-state index is -0.832. The second-order valence-electron chi connectivity index (χ2n) is 7.25. The topological polar surface area (TPSA) is 96.4 Å². The molecule has 0 amide bonds. The van der Waals surface area contributed by atoms with Crippen LogP contribution in [0.1, 0.15) is 24.8 Å². The molecule has 0 aliphatic heterocycles. The molecule has 0 saturated heterocycles. The summed E-state index contributed by atoms with van der Waals surface area (Å²) in [4.78, 5) is 20.6. The van der Waals surface area contributed by atoms with Crippen molar-refractivity contribution in [2.24, 2.45) is 0 Å². The van der Waals surface area contributed by atoms with Gasteiger partial charge in [-0.1, -0.05) is 18.2 Å². The number of anilines is 1. The molecule has 8 heteroatoms. The van der Waals surface area contributed by atoms with Crippen molar-refractivity contribution in [3.8, 4) is 5.75 Å². The highest BCUT2D eigenvalue weighted by molar-refractivity contribution is 7.97. The first kappa shape index (κ1) is 23.6. The Morgan fingerprint density at radius 3 is 2.81 bits per heavy atom. The molecule has 1 aromatic carbocycles. The molecule has 0 spiro atoms. The fraction of sp³-hybridized carbons (Fsp3) is 0.292. The van der Waals surface area contributed by atoms with Gasteiger partial charge in [0.15, 0.2) is 0 Å². The molecule has 3 N–H and O–H groups in total. The average molecular weight is 453 g/mol. The number of carboxylic acids is 1. The molecule has 168 valence electrons. The van der Waals surface area contributed by atoms with E-state index in [1.165, 1.54) is 11.9 Å². The third-order valence-electron chi connectivity index (χ3n) is 4.59. The van der Waals surface area contributed by atoms with Crippen LogP contribution < -0.4 is 14.8 Å². The number of nitrogens with zero attached hydrogens (tertiary/aromatic N) is 2. The molecule has 0 aliphatic rings. The Morgan fingerprint density at radius 2 is 2.03 bits per heavy atom. The van der Waals surface area contributed by atoms with Gasteiger partial charge < -0.3 is 15.2 Å². The average Bonchev–Trinajstić information content (AvgIpc) is 2.81. The van der Waals surface area contributed by atoms with Crippen molar-refractivity contribution >= 4 is 23.7 Å². The summed E-state index contributed by atoms with van der Waals surface area (Å²) in [5.74, 6) is 0.855. The molecular formula is C24H28N4O3S. The predicted octanol–water partition coefficient (Wildman–Crippen LogP) is 4.43. The molecule has 2 aromatic heterocycles. The van der Waals surface area contributed by atoms with Crippen molar-refractivity contribution in [3.63, 3.8) is 0 Å². The van der Waals surface area contributed by atoms with Crippen molar-refractivity contribution < 1.29 is 14.6 Å². The largest absolute Gasteiger partial charge is 0.494 e. The molecule has 3 aromatic rings. The van der Waals surface area contributed by atoms with Crippen molar-refractivity contribution in [1.29, 1.82) is 0 Å². The lowest BCUT2D eigenvalue weighted by Gasteiger charge is -2.16. The highest BCUT2D eigenvalue weighted by Crippen LogP contribution is 2.22. The number of rotatable bonds is 14. The van der Waals surface area contributed by atoms with Gasteiger partial charge in [0.2, 0.25) is 0 Å². The Balaban J connectivity index is 1.40. The van der Waals surface area contributed by atoms with Crippen molar-refractivity contribution in [1.82, 2.24) is 14.7 Å². The van der Waals surface area contributed by atoms with Gasteiger partial charge in [-0.2, -0.15) is 0 Å². The molecule has 0 radical (unpaired) electrons. The van der Waals surface area contributed by atoms with Crippen LogP contribution in [0.15, 0.2) is 78.1 Å². The first-order valence-corrected chi connectivity index (χ1v) is 11.4. The number of hydrogen-bond acceptors (Lipinski definition) is 7. The van der Waals surface area contributed by atoms with E-state index in [-0.39, 0.29) is 12.5 Å². The lowest BCUT2D eigenvalue weighted by Crippen LogP contribution is -2.28. The van der Waals surface area contributed by atoms with E-state index in [1.54, 1.807) is 18.6 Å². The normalized spacial score (nSPS) is 11.6. The van der Waals surface area contributed by atoms with Gasteiger partial charge in [0.05, 0.1) is 13.0 Å². The number of carbonyl (C=O) groups is 1. The number of ether oxygens (including phenoxy) is 1. The third kappa shape index (κ3) is 8.95. The number of pyridine rings is 2. The Hall–Kier alpha value is -3.10. The van der Waals surface area contributed by atoms with Crippen LogP contribution in [0.25, 0.3) is 0 Å². The molecule has 0 bridgehead atoms. The minimum absolute atomic E-state index is 0.0324. The summed E-state index contributed by atoms with van der Waals surface area (Å²) in [5.41, 5.74) is 1.00. The Kier molecular flexibility index (Phi) is 9.82. The van der Waals surface area contributed by atoms with E-state index in [9.17, 15) is 9.90 Å². The van der Waals surface area contributed by atoms with Gasteiger partial charge in [0, 0.05) is 36.1 Å². The fourth-order valence-electron chi connectivity index (χ4n) is 3.05. The number of aliphatic carboxylic acids is 1. The lowest BCUT2D eigenvalue weighted by molar-refractivity contribution is -0.137. The maximum absolute atomic E-state index is 11.2. The second kappa shape index (κ2) is 13.3. The molecule has 3 rings (SSSR count). The van der Waals surface area contributed by atoms with Crippen LogP contribution in [0.3, 0.4) is 0 Å². The molecule has 0 saturated carbocycles. The summed E-state index contributed by atoms with van der Waals surface area (Å²) in [6.45, 7) is 1.48. The standard InChI is InChI=1S/C24H28N4O3S/c29-24(30)16-20(15-19-7-6-11-25-18-19)28-32-22-9-5-8-21(17-22)31-14-4-3-13-27-23-10-1-2-12-26-23/h1-2,5-12,17-18,20,28H,3-4,13-16H2,(H,26,27)(H,29,30). The van der Waals surface area contributed by atoms with E-state index in [1.807, 2.05) is 54.6 Å². The number of unbranched alkanes of at least 4 members (excludes halogenated alkanes) is 1. The number of aromatic nitrogens is 2. The number of carboxylic acid groups (broad SMARTS) is 1. The van der Waals surface area contributed by atoms with Crippen molar-refractivity contribution in [2.75, 3.05) is 18.5 Å². The third-order valence-corrected chi connectivity index (χ3v) is 5.53. The van der Waals surface area contributed by atoms with E-state index < -0.39 is 5.97 Å². The molecule has 0 fully saturated rings. The van der Waals surface area contributed by atoms with Crippen LogP contribution in [-0.4, -0.2) is 40.2 Å². The quantitative estimate of drug-likeness (QED) is 0.244. The number of benzene rings is 1. The summed E-state index contributed by atoms with van der Waals surface area (Å²) in [5, 5.41) is 12.5. The van der Waals surface area contributed by atoms with Gasteiger partial charge >= 0.3 is 5.97 Å². The maximum Gasteiger partial charge on any atom is 0.304 e. The second-order valence-corrected chi connectivity index (χ2v) is 8.16. The van der Waals surface area contributed by atoms with Crippen LogP contribution in [0.5, 0.6) is 5.75 Å². The summed E-state index contributed by atoms with van der Waals surface area (Å²) < 4.78 is 9.16. The first-order valence-electron chi connectivity index (χ1n) is 10.6. The van der Waals surface area contributed by atoms with Gasteiger partial charge in [0.25, 0.3) is 0 Å². The summed E-state index contributed by atoms with van der Waals surface area (Å²) >= 11 is 1.42. The summed E-state index contributed by atoms with van der Waals surface area (Å²) in [6.07, 6.45) is 7.79. The van der Waals surface area contributed by atoms with Crippen LogP contribution in [0.4, 0.5) is 5.82 Å². The first-order chi connectivity index (χ1) is 15.7. The smallest absolute Gasteiger partial charge is 0.304 e. The zero-order chi connectivity index (χ0) is 22.4. The van der Waals surface area contributed by atoms with Gasteiger partial charge in [-0.15, -0.1) is 0 Å². The minimum Gasteiger partial charge on any atom is -0.494 e. The van der Waals surface area contributed by atoms with E-state index in [0.29, 0.717) is 13.0 Å². The SMILES string of the molecule is O=C(O)CC(Cc1cccnc1)NSc1cccc(OCCCCNc2ccccn2)c1. The van der Waals surface area contributed by atoms with Crippen LogP contribution in [0, 0.1) is 0 Å². The van der Waals surface area contributed by atoms with Crippen LogP contribution >= 0.6 is 11.9 Å². The highest BCUT2D eigenvalue weighted by Gasteiger charge is 2.14. The molecule has 7 nitrogen and oxygen atoms in total. The molecule has 2 heterocycles. The van der Waals surface area contributed by atoms with Gasteiger partial charge in [-0.05, 0) is 73.2 Å². The molecular weight excluding hydrogens is 424 g/mol. The molecule has 1 unspecified atom stereocenters. The number of nitrogens with one attached hydrogen (secondary N) is 2. The Bertz CT molecular complexity index is 944. The van der Waals surface area contributed by atoms with E-state index >= 15 is 0 Å². The number of hydrogen-bond donors (Lipinski definition) is 3. The van der Waals surface area contributed by atoms with Crippen molar-refractivity contribution in [3.05, 3.63) is 78.8 Å². The summed E-state index contributed by atoms with van der Waals surface area (Å²) in [6, 6.07) is 17.2. The van der Waals surface area contributed by atoms with Crippen LogP contribution in [0.2, 0.25) is 0 Å². The molecule has 1 atom stereocenters. The Labute approximate surface area is 192 Å².